The zero-order chi connectivity index (χ0) is 21.4. The van der Waals surface area contributed by atoms with E-state index in [2.05, 4.69) is 32.5 Å². The number of carbonyl (C=O) groups excluding carboxylic acids is 1. The van der Waals surface area contributed by atoms with E-state index in [1.54, 1.807) is 6.07 Å². The van der Waals surface area contributed by atoms with Crippen LogP contribution in [0.4, 0.5) is 13.6 Å². The fourth-order valence-corrected chi connectivity index (χ4v) is 2.88. The van der Waals surface area contributed by atoms with Crippen molar-refractivity contribution in [1.82, 2.24) is 25.5 Å². The summed E-state index contributed by atoms with van der Waals surface area (Å²) < 4.78 is 33.7. The number of nitrogens with one attached hydrogen (secondary N) is 1. The lowest BCUT2D eigenvalue weighted by molar-refractivity contribution is -0.0929. The molecule has 0 bridgehead atoms. The van der Waals surface area contributed by atoms with Crippen molar-refractivity contribution < 1.29 is 23.4 Å². The molecule has 2 aromatic rings. The summed E-state index contributed by atoms with van der Waals surface area (Å²) in [5, 5.41) is 23.4. The number of aliphatic hydroxyl groups excluding tert-OH is 1. The van der Waals surface area contributed by atoms with E-state index in [0.717, 1.165) is 6.08 Å². The number of hydrogen-bond acceptors (Lipinski definition) is 6. The van der Waals surface area contributed by atoms with E-state index in [0.29, 0.717) is 25.1 Å². The van der Waals surface area contributed by atoms with Gasteiger partial charge < -0.3 is 9.84 Å². The summed E-state index contributed by atoms with van der Waals surface area (Å²) in [4.78, 5) is 13.3. The van der Waals surface area contributed by atoms with Crippen molar-refractivity contribution in [3.63, 3.8) is 0 Å². The van der Waals surface area contributed by atoms with E-state index in [1.807, 2.05) is 0 Å². The zero-order valence-electron chi connectivity index (χ0n) is 16.0. The molecule has 2 unspecified atom stereocenters. The average Bonchev–Trinajstić information content (AvgIpc) is 3.39. The number of hydrogen-bond donors (Lipinski definition) is 2. The standard InChI is InChI=1S/C20H21F2N5O3/c21-20(22,15-8-4-3-5-9-15)17(28)12-11-16-14-30-19(29)27(16)13-7-2-1-6-10-18-23-25-26-24-18/h3-5,8-9,11-12,16-17,28H,6-7,10,13-14H2,(H,23,24,25,26). The maximum atomic E-state index is 14.4. The minimum atomic E-state index is -3.45. The van der Waals surface area contributed by atoms with Crippen LogP contribution in [0.3, 0.4) is 0 Å². The first-order valence-electron chi connectivity index (χ1n) is 9.39. The van der Waals surface area contributed by atoms with Gasteiger partial charge in [-0.25, -0.2) is 4.79 Å². The van der Waals surface area contributed by atoms with Gasteiger partial charge in [0, 0.05) is 31.4 Å². The van der Waals surface area contributed by atoms with Gasteiger partial charge in [0.15, 0.2) is 5.82 Å². The smallest absolute Gasteiger partial charge is 0.410 e. The van der Waals surface area contributed by atoms with Crippen molar-refractivity contribution in [3.05, 3.63) is 53.9 Å². The van der Waals surface area contributed by atoms with Crippen LogP contribution in [-0.2, 0) is 17.1 Å². The Morgan fingerprint density at radius 1 is 1.33 bits per heavy atom. The normalized spacial score (nSPS) is 17.6. The highest BCUT2D eigenvalue weighted by Gasteiger charge is 2.39. The van der Waals surface area contributed by atoms with Crippen molar-refractivity contribution in [2.45, 2.75) is 37.3 Å². The number of halogens is 2. The molecule has 1 saturated heterocycles. The Labute approximate surface area is 171 Å². The van der Waals surface area contributed by atoms with E-state index in [-0.39, 0.29) is 18.7 Å². The molecule has 2 atom stereocenters. The molecule has 8 nitrogen and oxygen atoms in total. The predicted octanol–water partition coefficient (Wildman–Crippen LogP) is 2.06. The average molecular weight is 417 g/mol. The molecule has 0 spiro atoms. The number of benzene rings is 1. The van der Waals surface area contributed by atoms with Crippen LogP contribution in [0.5, 0.6) is 0 Å². The van der Waals surface area contributed by atoms with Gasteiger partial charge in [-0.1, -0.05) is 47.7 Å². The molecule has 1 aromatic heterocycles. The van der Waals surface area contributed by atoms with Crippen LogP contribution in [-0.4, -0.2) is 62.0 Å². The quantitative estimate of drug-likeness (QED) is 0.503. The first-order valence-corrected chi connectivity index (χ1v) is 9.39. The molecule has 1 fully saturated rings. The Balaban J connectivity index is 1.51. The summed E-state index contributed by atoms with van der Waals surface area (Å²) in [6.07, 6.45) is 1.32. The number of H-pyrrole nitrogens is 1. The molecule has 10 heteroatoms. The third kappa shape index (κ3) is 5.39. The molecule has 3 rings (SSSR count). The molecule has 1 aromatic carbocycles. The van der Waals surface area contributed by atoms with E-state index in [1.165, 1.54) is 35.2 Å². The Morgan fingerprint density at radius 2 is 2.10 bits per heavy atom. The number of nitrogens with zero attached hydrogens (tertiary/aromatic N) is 4. The highest BCUT2D eigenvalue weighted by atomic mass is 19.3. The molecule has 1 aliphatic rings. The van der Waals surface area contributed by atoms with Gasteiger partial charge in [0.25, 0.3) is 0 Å². The highest BCUT2D eigenvalue weighted by Crippen LogP contribution is 2.32. The highest BCUT2D eigenvalue weighted by molar-refractivity contribution is 5.70. The minimum Gasteiger partial charge on any atom is -0.447 e. The number of carbonyl (C=O) groups is 1. The number of amides is 1. The number of rotatable bonds is 8. The Kier molecular flexibility index (Phi) is 7.08. The fourth-order valence-electron chi connectivity index (χ4n) is 2.88. The summed E-state index contributed by atoms with van der Waals surface area (Å²) in [6, 6.07) is 6.54. The van der Waals surface area contributed by atoms with Gasteiger partial charge in [-0.05, 0) is 0 Å². The number of ether oxygens (including phenoxy) is 1. The Hall–Kier alpha value is -3.32. The van der Waals surface area contributed by atoms with Gasteiger partial charge in [-0.3, -0.25) is 4.90 Å². The summed E-state index contributed by atoms with van der Waals surface area (Å²) >= 11 is 0. The lowest BCUT2D eigenvalue weighted by atomic mass is 10.0. The van der Waals surface area contributed by atoms with Gasteiger partial charge >= 0.3 is 12.0 Å². The third-order valence-corrected chi connectivity index (χ3v) is 4.52. The lowest BCUT2D eigenvalue weighted by Crippen LogP contribution is -2.34. The Morgan fingerprint density at radius 3 is 2.83 bits per heavy atom. The SMILES string of the molecule is O=C1OCC(C=CC(O)C(F)(F)c2ccccc2)N1CCC#CCCc1nn[nH]n1. The monoisotopic (exact) mass is 417 g/mol. The van der Waals surface area contributed by atoms with Crippen LogP contribution in [0, 0.1) is 11.8 Å². The van der Waals surface area contributed by atoms with Crippen LogP contribution < -0.4 is 0 Å². The van der Waals surface area contributed by atoms with Crippen LogP contribution >= 0.6 is 0 Å². The molecular weight excluding hydrogens is 396 g/mol. The van der Waals surface area contributed by atoms with Crippen molar-refractivity contribution in [3.8, 4) is 11.8 Å². The number of cyclic esters (lactones) is 1. The number of aromatic amines is 1. The van der Waals surface area contributed by atoms with E-state index >= 15 is 0 Å². The number of alkyl halides is 2. The lowest BCUT2D eigenvalue weighted by Gasteiger charge is -2.22. The van der Waals surface area contributed by atoms with Crippen LogP contribution in [0.1, 0.15) is 24.2 Å². The second-order valence-corrected chi connectivity index (χ2v) is 6.59. The first kappa shape index (κ1) is 21.4. The molecule has 0 saturated carbocycles. The maximum absolute atomic E-state index is 14.4. The fraction of sp³-hybridized carbons (Fsp3) is 0.400. The summed E-state index contributed by atoms with van der Waals surface area (Å²) in [7, 11) is 0. The van der Waals surface area contributed by atoms with Crippen molar-refractivity contribution in [2.24, 2.45) is 0 Å². The molecule has 0 aliphatic carbocycles. The second-order valence-electron chi connectivity index (χ2n) is 6.59. The molecule has 158 valence electrons. The minimum absolute atomic E-state index is 0.0320. The molecule has 1 aliphatic heterocycles. The molecule has 2 heterocycles. The largest absolute Gasteiger partial charge is 0.447 e. The van der Waals surface area contributed by atoms with Crippen LogP contribution in [0.25, 0.3) is 0 Å². The zero-order valence-corrected chi connectivity index (χ0v) is 16.0. The van der Waals surface area contributed by atoms with Gasteiger partial charge in [0.1, 0.15) is 12.7 Å². The predicted molar refractivity (Wildman–Crippen MR) is 102 cm³/mol. The van der Waals surface area contributed by atoms with Gasteiger partial charge in [0.05, 0.1) is 6.04 Å². The summed E-state index contributed by atoms with van der Waals surface area (Å²) in [5.74, 6) is 3.03. The number of aromatic nitrogens is 4. The third-order valence-electron chi connectivity index (χ3n) is 4.52. The molecule has 2 N–H and O–H groups in total. The molecular formula is C20H21F2N5O3. The van der Waals surface area contributed by atoms with Gasteiger partial charge in [0.2, 0.25) is 0 Å². The van der Waals surface area contributed by atoms with E-state index in [9.17, 15) is 18.7 Å². The molecule has 1 amide bonds. The molecule has 0 radical (unpaired) electrons. The summed E-state index contributed by atoms with van der Waals surface area (Å²) in [6.45, 7) is 0.318. The molecule has 30 heavy (non-hydrogen) atoms. The van der Waals surface area contributed by atoms with Gasteiger partial charge in [-0.15, -0.1) is 22.0 Å². The maximum Gasteiger partial charge on any atom is 0.410 e. The van der Waals surface area contributed by atoms with Gasteiger partial charge in [-0.2, -0.15) is 14.0 Å². The summed E-state index contributed by atoms with van der Waals surface area (Å²) in [5.41, 5.74) is -0.283. The van der Waals surface area contributed by atoms with Crippen LogP contribution in [0.15, 0.2) is 42.5 Å². The second kappa shape index (κ2) is 9.93. The van der Waals surface area contributed by atoms with E-state index < -0.39 is 24.2 Å². The number of aryl methyl sites for hydroxylation is 1. The Bertz CT molecular complexity index is 910. The van der Waals surface area contributed by atoms with Crippen LogP contribution in [0.2, 0.25) is 0 Å². The van der Waals surface area contributed by atoms with Crippen molar-refractivity contribution in [2.75, 3.05) is 13.2 Å². The van der Waals surface area contributed by atoms with Crippen molar-refractivity contribution >= 4 is 6.09 Å². The van der Waals surface area contributed by atoms with E-state index in [4.69, 9.17) is 4.74 Å². The number of aliphatic hydroxyl groups is 1. The van der Waals surface area contributed by atoms with Crippen molar-refractivity contribution in [1.29, 1.82) is 0 Å². The first-order chi connectivity index (χ1) is 14.5. The number of tetrazole rings is 1. The topological polar surface area (TPSA) is 104 Å².